The molecular formula is C21H21ClFN3O4S2. The van der Waals surface area contributed by atoms with E-state index in [1.807, 2.05) is 6.92 Å². The van der Waals surface area contributed by atoms with Gasteiger partial charge in [-0.05, 0) is 35.6 Å². The lowest BCUT2D eigenvalue weighted by Crippen LogP contribution is -2.29. The second-order valence-corrected chi connectivity index (χ2v) is 10.4. The van der Waals surface area contributed by atoms with E-state index in [0.29, 0.717) is 10.8 Å². The van der Waals surface area contributed by atoms with Crippen molar-refractivity contribution in [1.82, 2.24) is 15.0 Å². The van der Waals surface area contributed by atoms with Crippen LogP contribution in [0.4, 0.5) is 4.39 Å². The summed E-state index contributed by atoms with van der Waals surface area (Å²) in [7, 11) is -4.02. The molecule has 3 aromatic rings. The topological polar surface area (TPSA) is 108 Å². The number of aromatic nitrogens is 1. The summed E-state index contributed by atoms with van der Waals surface area (Å²) in [6, 6.07) is 8.71. The molecule has 0 bridgehead atoms. The Labute approximate surface area is 193 Å². The van der Waals surface area contributed by atoms with E-state index in [1.54, 1.807) is 36.0 Å². The first kappa shape index (κ1) is 24.2. The van der Waals surface area contributed by atoms with Crippen LogP contribution >= 0.6 is 23.4 Å². The van der Waals surface area contributed by atoms with Gasteiger partial charge in [0.15, 0.2) is 0 Å². The van der Waals surface area contributed by atoms with E-state index in [2.05, 4.69) is 15.0 Å². The van der Waals surface area contributed by atoms with Crippen LogP contribution in [-0.2, 0) is 16.6 Å². The second-order valence-electron chi connectivity index (χ2n) is 6.76. The zero-order valence-corrected chi connectivity index (χ0v) is 19.5. The van der Waals surface area contributed by atoms with E-state index >= 15 is 0 Å². The van der Waals surface area contributed by atoms with Crippen molar-refractivity contribution in [3.63, 3.8) is 0 Å². The highest BCUT2D eigenvalue weighted by Crippen LogP contribution is 2.19. The predicted molar refractivity (Wildman–Crippen MR) is 125 cm³/mol. The number of carbonyl (C=O) groups is 1. The summed E-state index contributed by atoms with van der Waals surface area (Å²) in [5.74, 6) is -0.183. The number of sulfonamides is 1. The number of rotatable bonds is 9. The fourth-order valence-corrected chi connectivity index (χ4v) is 4.80. The summed E-state index contributed by atoms with van der Waals surface area (Å²) in [5, 5.41) is 2.93. The van der Waals surface area contributed by atoms with Gasteiger partial charge in [-0.3, -0.25) is 9.59 Å². The summed E-state index contributed by atoms with van der Waals surface area (Å²) in [4.78, 5) is 27.6. The van der Waals surface area contributed by atoms with Crippen LogP contribution in [-0.4, -0.2) is 37.4 Å². The van der Waals surface area contributed by atoms with Crippen molar-refractivity contribution < 1.29 is 17.6 Å². The third-order valence-electron chi connectivity index (χ3n) is 4.58. The zero-order chi connectivity index (χ0) is 23.3. The van der Waals surface area contributed by atoms with Gasteiger partial charge in [-0.1, -0.05) is 30.7 Å². The van der Waals surface area contributed by atoms with Crippen LogP contribution in [0.5, 0.6) is 0 Å². The molecule has 7 nitrogen and oxygen atoms in total. The van der Waals surface area contributed by atoms with Gasteiger partial charge in [-0.25, -0.2) is 17.5 Å². The zero-order valence-electron chi connectivity index (χ0n) is 17.1. The van der Waals surface area contributed by atoms with E-state index in [1.165, 1.54) is 0 Å². The number of benzene rings is 2. The Kier molecular flexibility index (Phi) is 7.94. The first-order valence-electron chi connectivity index (χ1n) is 9.68. The van der Waals surface area contributed by atoms with E-state index in [-0.39, 0.29) is 34.5 Å². The van der Waals surface area contributed by atoms with Crippen molar-refractivity contribution in [1.29, 1.82) is 0 Å². The maximum atomic E-state index is 14.6. The Morgan fingerprint density at radius 2 is 1.94 bits per heavy atom. The van der Waals surface area contributed by atoms with Crippen molar-refractivity contribution in [2.45, 2.75) is 18.4 Å². The third-order valence-corrected chi connectivity index (χ3v) is 7.17. The van der Waals surface area contributed by atoms with Crippen molar-refractivity contribution >= 4 is 50.2 Å². The lowest BCUT2D eigenvalue weighted by molar-refractivity contribution is 0.0949. The Balaban J connectivity index is 1.88. The molecule has 0 spiro atoms. The lowest BCUT2D eigenvalue weighted by Gasteiger charge is -2.10. The van der Waals surface area contributed by atoms with E-state index in [9.17, 15) is 22.4 Å². The quantitative estimate of drug-likeness (QED) is 0.393. The predicted octanol–water partition coefficient (Wildman–Crippen LogP) is 3.28. The second kappa shape index (κ2) is 10.5. The fraction of sp³-hybridized carbons (Fsp3) is 0.238. The maximum Gasteiger partial charge on any atom is 0.257 e. The summed E-state index contributed by atoms with van der Waals surface area (Å²) in [6.45, 7) is 2.27. The minimum Gasteiger partial charge on any atom is -0.358 e. The number of H-pyrrole nitrogens is 1. The first-order chi connectivity index (χ1) is 15.2. The summed E-state index contributed by atoms with van der Waals surface area (Å²) in [5.41, 5.74) is -0.436. The average molecular weight is 498 g/mol. The van der Waals surface area contributed by atoms with Crippen LogP contribution in [0.1, 0.15) is 22.8 Å². The van der Waals surface area contributed by atoms with Crippen LogP contribution in [0, 0.1) is 5.82 Å². The molecule has 1 heterocycles. The highest BCUT2D eigenvalue weighted by Gasteiger charge is 2.20. The molecule has 1 aromatic heterocycles. The summed E-state index contributed by atoms with van der Waals surface area (Å²) < 4.78 is 42.0. The Morgan fingerprint density at radius 1 is 1.22 bits per heavy atom. The normalized spacial score (nSPS) is 11.6. The number of hydrogen-bond donors (Lipinski definition) is 3. The fourth-order valence-electron chi connectivity index (χ4n) is 2.94. The van der Waals surface area contributed by atoms with Crippen molar-refractivity contribution in [2.75, 3.05) is 18.1 Å². The van der Waals surface area contributed by atoms with Crippen LogP contribution in [0.15, 0.2) is 52.3 Å². The highest BCUT2D eigenvalue weighted by molar-refractivity contribution is 7.99. The largest absolute Gasteiger partial charge is 0.358 e. The molecule has 0 radical (unpaired) electrons. The standard InChI is InChI=1S/C21H21ClFN3O4S2/c1-2-31-8-7-26-32(29,30)15-9-16-19(18(23)10-15)24-12-17(20(16)27)21(28)25-11-13-3-5-14(22)6-4-13/h3-6,9-10,12,26H,2,7-8,11H2,1H3,(H,24,27)(H,25,28). The highest BCUT2D eigenvalue weighted by atomic mass is 35.5. The molecule has 0 unspecified atom stereocenters. The van der Waals surface area contributed by atoms with E-state index < -0.39 is 27.2 Å². The molecule has 1 amide bonds. The number of hydrogen-bond acceptors (Lipinski definition) is 5. The van der Waals surface area contributed by atoms with Crippen LogP contribution < -0.4 is 15.5 Å². The molecule has 0 fully saturated rings. The van der Waals surface area contributed by atoms with Crippen LogP contribution in [0.25, 0.3) is 10.9 Å². The molecule has 0 atom stereocenters. The Hall–Kier alpha value is -2.40. The molecule has 0 saturated heterocycles. The van der Waals surface area contributed by atoms with Gasteiger partial charge >= 0.3 is 0 Å². The number of amides is 1. The van der Waals surface area contributed by atoms with E-state index in [0.717, 1.165) is 29.6 Å². The van der Waals surface area contributed by atoms with Gasteiger partial charge in [0, 0.05) is 30.1 Å². The molecule has 2 aromatic carbocycles. The van der Waals surface area contributed by atoms with Crippen molar-refractivity contribution in [3.05, 3.63) is 74.8 Å². The SMILES string of the molecule is CCSCCNS(=O)(=O)c1cc(F)c2[nH]cc(C(=O)NCc3ccc(Cl)cc3)c(=O)c2c1. The van der Waals surface area contributed by atoms with Crippen molar-refractivity contribution in [3.8, 4) is 0 Å². The van der Waals surface area contributed by atoms with Gasteiger partial charge in [0.2, 0.25) is 15.5 Å². The van der Waals surface area contributed by atoms with Gasteiger partial charge in [0.1, 0.15) is 11.4 Å². The Bertz CT molecular complexity index is 1290. The number of nitrogens with one attached hydrogen (secondary N) is 3. The molecule has 3 rings (SSSR count). The molecule has 3 N–H and O–H groups in total. The van der Waals surface area contributed by atoms with Gasteiger partial charge in [0.25, 0.3) is 5.91 Å². The molecule has 0 aliphatic heterocycles. The molecule has 32 heavy (non-hydrogen) atoms. The van der Waals surface area contributed by atoms with Crippen molar-refractivity contribution in [2.24, 2.45) is 0 Å². The van der Waals surface area contributed by atoms with Crippen LogP contribution in [0.3, 0.4) is 0 Å². The lowest BCUT2D eigenvalue weighted by atomic mass is 10.1. The number of fused-ring (bicyclic) bond motifs is 1. The molecule has 11 heteroatoms. The minimum absolute atomic E-state index is 0.149. The number of aromatic amines is 1. The molecule has 0 aliphatic rings. The Morgan fingerprint density at radius 3 is 2.62 bits per heavy atom. The average Bonchev–Trinajstić information content (AvgIpc) is 2.76. The summed E-state index contributed by atoms with van der Waals surface area (Å²) >= 11 is 7.39. The molecule has 0 saturated carbocycles. The number of halogens is 2. The molecule has 170 valence electrons. The number of pyridine rings is 1. The number of carbonyl (C=O) groups excluding carboxylic acids is 1. The first-order valence-corrected chi connectivity index (χ1v) is 12.7. The monoisotopic (exact) mass is 497 g/mol. The molecular weight excluding hydrogens is 477 g/mol. The van der Waals surface area contributed by atoms with Gasteiger partial charge < -0.3 is 10.3 Å². The van der Waals surface area contributed by atoms with E-state index in [4.69, 9.17) is 11.6 Å². The minimum atomic E-state index is -4.02. The van der Waals surface area contributed by atoms with Crippen LogP contribution in [0.2, 0.25) is 5.02 Å². The third kappa shape index (κ3) is 5.69. The smallest absolute Gasteiger partial charge is 0.257 e. The molecule has 0 aliphatic carbocycles. The van der Waals surface area contributed by atoms with Gasteiger partial charge in [0.05, 0.1) is 15.8 Å². The number of thioether (sulfide) groups is 1. The summed E-state index contributed by atoms with van der Waals surface area (Å²) in [6.07, 6.45) is 1.11. The van der Waals surface area contributed by atoms with Gasteiger partial charge in [-0.2, -0.15) is 11.8 Å². The van der Waals surface area contributed by atoms with Gasteiger partial charge in [-0.15, -0.1) is 0 Å². The maximum absolute atomic E-state index is 14.6.